The van der Waals surface area contributed by atoms with Crippen LogP contribution in [0.25, 0.3) is 0 Å². The Morgan fingerprint density at radius 3 is 2.14 bits per heavy atom. The molecule has 0 atom stereocenters. The van der Waals surface area contributed by atoms with Crippen molar-refractivity contribution in [1.82, 2.24) is 0 Å². The minimum absolute atomic E-state index is 0.141. The predicted molar refractivity (Wildman–Crippen MR) is 112 cm³/mol. The molecule has 0 aliphatic carbocycles. The summed E-state index contributed by atoms with van der Waals surface area (Å²) in [6.45, 7) is 0. The molecule has 0 saturated heterocycles. The summed E-state index contributed by atoms with van der Waals surface area (Å²) in [5.74, 6) is -0.892. The fourth-order valence-corrected chi connectivity index (χ4v) is 2.94. The Morgan fingerprint density at radius 1 is 0.897 bits per heavy atom. The second-order valence-corrected chi connectivity index (χ2v) is 6.55. The molecule has 0 fully saturated rings. The van der Waals surface area contributed by atoms with Gasteiger partial charge < -0.3 is 10.2 Å². The van der Waals surface area contributed by atoms with Gasteiger partial charge in [0.25, 0.3) is 11.6 Å². The largest absolute Gasteiger partial charge is 0.372 e. The molecule has 1 N–H and O–H groups in total. The molecule has 7 nitrogen and oxygen atoms in total. The van der Waals surface area contributed by atoms with Gasteiger partial charge in [0.05, 0.1) is 10.5 Å². The van der Waals surface area contributed by atoms with E-state index in [-0.39, 0.29) is 22.4 Å². The Morgan fingerprint density at radius 2 is 1.52 bits per heavy atom. The van der Waals surface area contributed by atoms with E-state index in [1.165, 1.54) is 24.3 Å². The third kappa shape index (κ3) is 4.30. The summed E-state index contributed by atoms with van der Waals surface area (Å²) in [5.41, 5.74) is 1.33. The van der Waals surface area contributed by atoms with Crippen LogP contribution >= 0.6 is 0 Å². The average Bonchev–Trinajstić information content (AvgIpc) is 2.73. The van der Waals surface area contributed by atoms with Gasteiger partial charge in [-0.05, 0) is 30.3 Å². The van der Waals surface area contributed by atoms with Crippen LogP contribution in [0.4, 0.5) is 17.1 Å². The minimum atomic E-state index is -0.528. The number of nitro benzene ring substituents is 1. The Balaban J connectivity index is 1.97. The SMILES string of the molecule is CN(C)c1ccc(C(=O)c2ccccc2C(=O)Nc2ccccc2)cc1[N+](=O)[O-]. The summed E-state index contributed by atoms with van der Waals surface area (Å²) in [6, 6.07) is 19.6. The minimum Gasteiger partial charge on any atom is -0.372 e. The first-order chi connectivity index (χ1) is 13.9. The van der Waals surface area contributed by atoms with E-state index in [0.29, 0.717) is 11.4 Å². The first kappa shape index (κ1) is 19.8. The van der Waals surface area contributed by atoms with Crippen LogP contribution in [0.1, 0.15) is 26.3 Å². The van der Waals surface area contributed by atoms with Gasteiger partial charge in [-0.25, -0.2) is 0 Å². The summed E-state index contributed by atoms with van der Waals surface area (Å²) >= 11 is 0. The molecule has 0 radical (unpaired) electrons. The number of nitro groups is 1. The van der Waals surface area contributed by atoms with E-state index >= 15 is 0 Å². The van der Waals surface area contributed by atoms with Crippen molar-refractivity contribution in [3.63, 3.8) is 0 Å². The third-order valence-electron chi connectivity index (χ3n) is 4.36. The van der Waals surface area contributed by atoms with Gasteiger partial charge in [-0.1, -0.05) is 36.4 Å². The molecule has 146 valence electrons. The summed E-state index contributed by atoms with van der Waals surface area (Å²) in [6.07, 6.45) is 0. The number of carbonyl (C=O) groups excluding carboxylic acids is 2. The highest BCUT2D eigenvalue weighted by molar-refractivity contribution is 6.18. The standard InChI is InChI=1S/C22H19N3O4/c1-24(2)19-13-12-15(14-20(19)25(28)29)21(26)17-10-6-7-11-18(17)22(27)23-16-8-4-3-5-9-16/h3-14H,1-2H3,(H,23,27). The maximum absolute atomic E-state index is 13.1. The van der Waals surface area contributed by atoms with Crippen LogP contribution in [0.5, 0.6) is 0 Å². The highest BCUT2D eigenvalue weighted by atomic mass is 16.6. The molecule has 0 aliphatic rings. The van der Waals surface area contributed by atoms with Gasteiger partial charge in [0, 0.05) is 37.0 Å². The molecule has 7 heteroatoms. The molecule has 1 amide bonds. The average molecular weight is 389 g/mol. The summed E-state index contributed by atoms with van der Waals surface area (Å²) in [4.78, 5) is 38.3. The fraction of sp³-hybridized carbons (Fsp3) is 0.0909. The smallest absolute Gasteiger partial charge is 0.293 e. The number of ketones is 1. The van der Waals surface area contributed by atoms with Crippen LogP contribution in [-0.2, 0) is 0 Å². The number of anilines is 2. The number of para-hydroxylation sites is 1. The Labute approximate surface area is 167 Å². The number of benzene rings is 3. The second-order valence-electron chi connectivity index (χ2n) is 6.55. The zero-order valence-corrected chi connectivity index (χ0v) is 16.0. The van der Waals surface area contributed by atoms with Gasteiger partial charge in [0.1, 0.15) is 5.69 Å². The molecule has 0 spiro atoms. The number of hydrogen-bond acceptors (Lipinski definition) is 5. The van der Waals surface area contributed by atoms with Gasteiger partial charge in [-0.2, -0.15) is 0 Å². The van der Waals surface area contributed by atoms with Crippen LogP contribution in [0, 0.1) is 10.1 Å². The molecular weight excluding hydrogens is 370 g/mol. The van der Waals surface area contributed by atoms with Crippen LogP contribution < -0.4 is 10.2 Å². The summed E-state index contributed by atoms with van der Waals surface area (Å²) in [5, 5.41) is 14.2. The maximum Gasteiger partial charge on any atom is 0.293 e. The quantitative estimate of drug-likeness (QED) is 0.388. The van der Waals surface area contributed by atoms with E-state index in [1.807, 2.05) is 6.07 Å². The van der Waals surface area contributed by atoms with E-state index < -0.39 is 16.6 Å². The molecular formula is C22H19N3O4. The monoisotopic (exact) mass is 389 g/mol. The lowest BCUT2D eigenvalue weighted by Gasteiger charge is -2.14. The van der Waals surface area contributed by atoms with E-state index in [4.69, 9.17) is 0 Å². The maximum atomic E-state index is 13.1. The number of carbonyl (C=O) groups is 2. The molecule has 3 aromatic rings. The number of amides is 1. The molecule has 29 heavy (non-hydrogen) atoms. The summed E-state index contributed by atoms with van der Waals surface area (Å²) < 4.78 is 0. The Bertz CT molecular complexity index is 1080. The zero-order chi connectivity index (χ0) is 21.0. The number of nitrogens with one attached hydrogen (secondary N) is 1. The molecule has 0 unspecified atom stereocenters. The van der Waals surface area contributed by atoms with Crippen molar-refractivity contribution in [1.29, 1.82) is 0 Å². The van der Waals surface area contributed by atoms with Crippen LogP contribution in [0.3, 0.4) is 0 Å². The zero-order valence-electron chi connectivity index (χ0n) is 16.0. The molecule has 3 rings (SSSR count). The number of nitrogens with zero attached hydrogens (tertiary/aromatic N) is 2. The molecule has 0 bridgehead atoms. The number of hydrogen-bond donors (Lipinski definition) is 1. The van der Waals surface area contributed by atoms with Crippen LogP contribution in [-0.4, -0.2) is 30.7 Å². The molecule has 0 aliphatic heterocycles. The third-order valence-corrected chi connectivity index (χ3v) is 4.36. The first-order valence-corrected chi connectivity index (χ1v) is 8.84. The van der Waals surface area contributed by atoms with Crippen molar-refractivity contribution in [3.8, 4) is 0 Å². The van der Waals surface area contributed by atoms with Gasteiger partial charge >= 0.3 is 0 Å². The van der Waals surface area contributed by atoms with Crippen molar-refractivity contribution in [3.05, 3.63) is 99.6 Å². The molecule has 0 saturated carbocycles. The van der Waals surface area contributed by atoms with Gasteiger partial charge in [-0.15, -0.1) is 0 Å². The Kier molecular flexibility index (Phi) is 5.69. The molecule has 0 aromatic heterocycles. The predicted octanol–water partition coefficient (Wildman–Crippen LogP) is 4.14. The normalized spacial score (nSPS) is 10.3. The fourth-order valence-electron chi connectivity index (χ4n) is 2.94. The van der Waals surface area contributed by atoms with E-state index in [1.54, 1.807) is 61.5 Å². The van der Waals surface area contributed by atoms with Crippen LogP contribution in [0.2, 0.25) is 0 Å². The van der Waals surface area contributed by atoms with E-state index in [9.17, 15) is 19.7 Å². The van der Waals surface area contributed by atoms with Crippen molar-refractivity contribution in [2.45, 2.75) is 0 Å². The van der Waals surface area contributed by atoms with Gasteiger partial charge in [0.2, 0.25) is 0 Å². The highest BCUT2D eigenvalue weighted by Gasteiger charge is 2.22. The van der Waals surface area contributed by atoms with E-state index in [0.717, 1.165) is 0 Å². The van der Waals surface area contributed by atoms with Gasteiger partial charge in [-0.3, -0.25) is 19.7 Å². The first-order valence-electron chi connectivity index (χ1n) is 8.84. The lowest BCUT2D eigenvalue weighted by Crippen LogP contribution is -2.17. The lowest BCUT2D eigenvalue weighted by molar-refractivity contribution is -0.384. The summed E-state index contributed by atoms with van der Waals surface area (Å²) in [7, 11) is 3.38. The molecule has 3 aromatic carbocycles. The van der Waals surface area contributed by atoms with Gasteiger partial charge in [0.15, 0.2) is 5.78 Å². The number of rotatable bonds is 6. The topological polar surface area (TPSA) is 92.6 Å². The van der Waals surface area contributed by atoms with Crippen molar-refractivity contribution < 1.29 is 14.5 Å². The van der Waals surface area contributed by atoms with E-state index in [2.05, 4.69) is 5.32 Å². The second kappa shape index (κ2) is 8.35. The van der Waals surface area contributed by atoms with Crippen molar-refractivity contribution >= 4 is 28.8 Å². The molecule has 0 heterocycles. The Hall–Kier alpha value is -4.00. The lowest BCUT2D eigenvalue weighted by atomic mass is 9.97. The van der Waals surface area contributed by atoms with Crippen LogP contribution in [0.15, 0.2) is 72.8 Å². The van der Waals surface area contributed by atoms with Crippen molar-refractivity contribution in [2.75, 3.05) is 24.3 Å². The van der Waals surface area contributed by atoms with Crippen molar-refractivity contribution in [2.24, 2.45) is 0 Å². The highest BCUT2D eigenvalue weighted by Crippen LogP contribution is 2.29.